The fourth-order valence-corrected chi connectivity index (χ4v) is 1.61. The highest BCUT2D eigenvalue weighted by Crippen LogP contribution is 2.26. The fraction of sp³-hybridized carbons (Fsp3) is 0.500. The second-order valence-corrected chi connectivity index (χ2v) is 4.29. The Morgan fingerprint density at radius 3 is 2.62 bits per heavy atom. The van der Waals surface area contributed by atoms with Crippen LogP contribution in [0.4, 0.5) is 5.69 Å². The second-order valence-electron chi connectivity index (χ2n) is 4.29. The molecule has 1 aromatic rings. The van der Waals surface area contributed by atoms with Gasteiger partial charge in [-0.2, -0.15) is 0 Å². The molecule has 0 spiro atoms. The summed E-state index contributed by atoms with van der Waals surface area (Å²) in [5, 5.41) is 2.76. The van der Waals surface area contributed by atoms with Gasteiger partial charge in [0.05, 0.1) is 12.3 Å². The van der Waals surface area contributed by atoms with Crippen molar-refractivity contribution >= 4 is 24.0 Å². The number of aryl methyl sites for hydroxylation is 1. The summed E-state index contributed by atoms with van der Waals surface area (Å²) in [6.45, 7) is 2.96. The molecule has 0 radical (unpaired) electrons. The molecule has 0 aliphatic heterocycles. The van der Waals surface area contributed by atoms with E-state index in [2.05, 4.69) is 5.32 Å². The minimum absolute atomic E-state index is 0. The number of carbonyl (C=O) groups excluding carboxylic acids is 1. The predicted octanol–water partition coefficient (Wildman–Crippen LogP) is 1.35. The molecule has 0 aliphatic carbocycles. The lowest BCUT2D eigenvalue weighted by Gasteiger charge is -2.16. The van der Waals surface area contributed by atoms with Gasteiger partial charge in [-0.3, -0.25) is 4.79 Å². The van der Waals surface area contributed by atoms with Crippen molar-refractivity contribution in [2.75, 3.05) is 39.3 Å². The van der Waals surface area contributed by atoms with Crippen molar-refractivity contribution in [1.29, 1.82) is 0 Å². The van der Waals surface area contributed by atoms with Gasteiger partial charge >= 0.3 is 0 Å². The quantitative estimate of drug-likeness (QED) is 0.707. The summed E-state index contributed by atoms with van der Waals surface area (Å²) >= 11 is 0. The summed E-state index contributed by atoms with van der Waals surface area (Å²) in [7, 11) is 3.05. The molecule has 21 heavy (non-hydrogen) atoms. The Kier molecular flexibility index (Phi) is 9.73. The third kappa shape index (κ3) is 6.31. The van der Waals surface area contributed by atoms with E-state index >= 15 is 0 Å². The summed E-state index contributed by atoms with van der Waals surface area (Å²) in [5.41, 5.74) is 7.09. The van der Waals surface area contributed by atoms with Crippen molar-refractivity contribution in [2.45, 2.75) is 13.0 Å². The number of rotatable bonds is 8. The number of hydrogen-bond donors (Lipinski definition) is 2. The number of carbonyl (C=O) groups is 1. The molecule has 0 saturated carbocycles. The molecule has 1 atom stereocenters. The van der Waals surface area contributed by atoms with Crippen molar-refractivity contribution in [3.63, 3.8) is 0 Å². The van der Waals surface area contributed by atoms with Crippen LogP contribution in [0.2, 0.25) is 0 Å². The number of anilines is 1. The number of methoxy groups -OCH3 is 2. The summed E-state index contributed by atoms with van der Waals surface area (Å²) < 4.78 is 15.5. The van der Waals surface area contributed by atoms with Crippen LogP contribution < -0.4 is 15.8 Å². The fourth-order valence-electron chi connectivity index (χ4n) is 1.61. The zero-order valence-corrected chi connectivity index (χ0v) is 13.4. The first kappa shape index (κ1) is 19.7. The largest absolute Gasteiger partial charge is 0.489 e. The lowest BCUT2D eigenvalue weighted by molar-refractivity contribution is -0.125. The zero-order chi connectivity index (χ0) is 15.0. The van der Waals surface area contributed by atoms with E-state index in [-0.39, 0.29) is 24.9 Å². The van der Waals surface area contributed by atoms with Gasteiger partial charge in [-0.05, 0) is 24.6 Å². The van der Waals surface area contributed by atoms with Crippen molar-refractivity contribution in [3.8, 4) is 5.75 Å². The lowest BCUT2D eigenvalue weighted by Crippen LogP contribution is -2.36. The molecule has 0 fully saturated rings. The van der Waals surface area contributed by atoms with Crippen LogP contribution in [0, 0.1) is 6.92 Å². The maximum atomic E-state index is 11.9. The first-order valence-corrected chi connectivity index (χ1v) is 6.38. The molecule has 0 heterocycles. The van der Waals surface area contributed by atoms with Crippen LogP contribution in [0.15, 0.2) is 18.2 Å². The van der Waals surface area contributed by atoms with Crippen LogP contribution in [0.5, 0.6) is 5.75 Å². The summed E-state index contributed by atoms with van der Waals surface area (Å²) in [6.07, 6.45) is -0.678. The molecule has 1 rings (SSSR count). The van der Waals surface area contributed by atoms with E-state index in [9.17, 15) is 4.79 Å². The van der Waals surface area contributed by atoms with Crippen LogP contribution in [-0.2, 0) is 14.3 Å². The maximum absolute atomic E-state index is 11.9. The van der Waals surface area contributed by atoms with E-state index in [1.165, 1.54) is 7.11 Å². The molecule has 0 saturated heterocycles. The number of nitrogens with two attached hydrogens (primary N) is 1. The molecule has 6 nitrogen and oxygen atoms in total. The first-order valence-electron chi connectivity index (χ1n) is 6.38. The zero-order valence-electron chi connectivity index (χ0n) is 12.5. The molecule has 7 heteroatoms. The summed E-state index contributed by atoms with van der Waals surface area (Å²) in [4.78, 5) is 11.9. The van der Waals surface area contributed by atoms with E-state index in [4.69, 9.17) is 19.9 Å². The number of halogens is 1. The average Bonchev–Trinajstić information content (AvgIpc) is 2.43. The Labute approximate surface area is 131 Å². The number of ether oxygens (including phenoxy) is 3. The van der Waals surface area contributed by atoms with Gasteiger partial charge < -0.3 is 25.3 Å². The van der Waals surface area contributed by atoms with Gasteiger partial charge in [0.1, 0.15) is 18.5 Å². The Bertz CT molecular complexity index is 439. The number of amides is 1. The molecule has 1 unspecified atom stereocenters. The smallest absolute Gasteiger partial charge is 0.254 e. The van der Waals surface area contributed by atoms with E-state index in [1.807, 2.05) is 19.1 Å². The van der Waals surface area contributed by atoms with E-state index < -0.39 is 6.10 Å². The third-order valence-corrected chi connectivity index (χ3v) is 2.73. The van der Waals surface area contributed by atoms with Crippen LogP contribution in [0.25, 0.3) is 0 Å². The molecular weight excluding hydrogens is 296 g/mol. The normalized spacial score (nSPS) is 11.4. The molecule has 120 valence electrons. The van der Waals surface area contributed by atoms with E-state index in [1.54, 1.807) is 13.2 Å². The molecular formula is C14H23ClN2O4. The average molecular weight is 319 g/mol. The van der Waals surface area contributed by atoms with Gasteiger partial charge in [-0.15, -0.1) is 12.4 Å². The molecule has 0 aliphatic rings. The molecule has 3 N–H and O–H groups in total. The van der Waals surface area contributed by atoms with Crippen LogP contribution in [-0.4, -0.2) is 46.0 Å². The van der Waals surface area contributed by atoms with Crippen molar-refractivity contribution in [3.05, 3.63) is 23.8 Å². The van der Waals surface area contributed by atoms with Gasteiger partial charge in [-0.25, -0.2) is 0 Å². The number of nitrogens with one attached hydrogen (secondary N) is 1. The molecule has 0 aromatic heterocycles. The minimum Gasteiger partial charge on any atom is -0.489 e. The number of hydrogen-bond acceptors (Lipinski definition) is 5. The summed E-state index contributed by atoms with van der Waals surface area (Å²) in [6, 6.07) is 5.54. The van der Waals surface area contributed by atoms with Crippen molar-refractivity contribution in [1.82, 2.24) is 0 Å². The van der Waals surface area contributed by atoms with Crippen LogP contribution >= 0.6 is 12.4 Å². The van der Waals surface area contributed by atoms with Gasteiger partial charge in [0, 0.05) is 20.8 Å². The van der Waals surface area contributed by atoms with E-state index in [0.717, 1.165) is 5.56 Å². The lowest BCUT2D eigenvalue weighted by atomic mass is 10.2. The predicted molar refractivity (Wildman–Crippen MR) is 84.3 cm³/mol. The highest BCUT2D eigenvalue weighted by atomic mass is 35.5. The summed E-state index contributed by atoms with van der Waals surface area (Å²) in [5.74, 6) is 0.303. The van der Waals surface area contributed by atoms with E-state index in [0.29, 0.717) is 24.7 Å². The van der Waals surface area contributed by atoms with Gasteiger partial charge in [0.2, 0.25) is 0 Å². The Morgan fingerprint density at radius 2 is 2.05 bits per heavy atom. The topological polar surface area (TPSA) is 82.8 Å². The van der Waals surface area contributed by atoms with Gasteiger partial charge in [0.15, 0.2) is 0 Å². The SMILES string of the molecule is COCCOc1cc(C)ccc1NC(=O)C(CN)OC.Cl. The first-order chi connectivity index (χ1) is 9.62. The van der Waals surface area contributed by atoms with Gasteiger partial charge in [-0.1, -0.05) is 6.07 Å². The molecule has 1 aromatic carbocycles. The monoisotopic (exact) mass is 318 g/mol. The second kappa shape index (κ2) is 10.4. The van der Waals surface area contributed by atoms with Crippen LogP contribution in [0.1, 0.15) is 5.56 Å². The third-order valence-electron chi connectivity index (χ3n) is 2.73. The Hall–Kier alpha value is -1.34. The number of benzene rings is 1. The molecule has 0 bridgehead atoms. The van der Waals surface area contributed by atoms with Crippen LogP contribution in [0.3, 0.4) is 0 Å². The minimum atomic E-state index is -0.678. The highest BCUT2D eigenvalue weighted by molar-refractivity contribution is 5.95. The Morgan fingerprint density at radius 1 is 1.33 bits per heavy atom. The Balaban J connectivity index is 0.00000400. The van der Waals surface area contributed by atoms with Gasteiger partial charge in [0.25, 0.3) is 5.91 Å². The standard InChI is InChI=1S/C14H22N2O4.ClH/c1-10-4-5-11(12(8-10)20-7-6-18-2)16-14(17)13(9-15)19-3;/h4-5,8,13H,6-7,9,15H2,1-3H3,(H,16,17);1H. The molecule has 1 amide bonds. The highest BCUT2D eigenvalue weighted by Gasteiger charge is 2.17. The maximum Gasteiger partial charge on any atom is 0.254 e. The van der Waals surface area contributed by atoms with Crippen molar-refractivity contribution < 1.29 is 19.0 Å². The van der Waals surface area contributed by atoms with Crippen molar-refractivity contribution in [2.24, 2.45) is 5.73 Å².